The highest BCUT2D eigenvalue weighted by Crippen LogP contribution is 2.42. The molecule has 1 aliphatic heterocycles. The molecule has 40 heavy (non-hydrogen) atoms. The molecule has 0 radical (unpaired) electrons. The Morgan fingerprint density at radius 1 is 0.925 bits per heavy atom. The number of nitrogens with one attached hydrogen (secondary N) is 2. The van der Waals surface area contributed by atoms with Gasteiger partial charge in [-0.15, -0.1) is 0 Å². The maximum atomic E-state index is 12.5. The van der Waals surface area contributed by atoms with Crippen LogP contribution in [0.5, 0.6) is 0 Å². The van der Waals surface area contributed by atoms with Gasteiger partial charge in [0.15, 0.2) is 0 Å². The second-order valence-electron chi connectivity index (χ2n) is 10.9. The van der Waals surface area contributed by atoms with E-state index in [1.54, 1.807) is 0 Å². The zero-order valence-corrected chi connectivity index (χ0v) is 23.0. The molecule has 1 atom stereocenters. The first kappa shape index (κ1) is 26.2. The van der Waals surface area contributed by atoms with Crippen molar-refractivity contribution in [1.29, 1.82) is 0 Å². The number of fused-ring (bicyclic) bond motifs is 3. The van der Waals surface area contributed by atoms with Gasteiger partial charge < -0.3 is 15.5 Å². The van der Waals surface area contributed by atoms with E-state index in [0.717, 1.165) is 43.7 Å². The Kier molecular flexibility index (Phi) is 8.15. The molecule has 3 aromatic carbocycles. The number of hydrogen-bond donors (Lipinski definition) is 2. The molecule has 6 heteroatoms. The number of carbonyl (C=O) groups excluding carboxylic acids is 1. The van der Waals surface area contributed by atoms with Crippen molar-refractivity contribution in [3.63, 3.8) is 0 Å². The first-order chi connectivity index (χ1) is 19.7. The lowest BCUT2D eigenvalue weighted by Crippen LogP contribution is -2.22. The predicted molar refractivity (Wildman–Crippen MR) is 162 cm³/mol. The van der Waals surface area contributed by atoms with Crippen LogP contribution in [0.2, 0.25) is 0 Å². The lowest BCUT2D eigenvalue weighted by atomic mass is 9.78. The van der Waals surface area contributed by atoms with E-state index in [0.29, 0.717) is 12.4 Å². The molecule has 0 bridgehead atoms. The van der Waals surface area contributed by atoms with Crippen LogP contribution in [0.4, 0.5) is 11.6 Å². The van der Waals surface area contributed by atoms with Crippen molar-refractivity contribution >= 4 is 17.5 Å². The van der Waals surface area contributed by atoms with Gasteiger partial charge in [-0.1, -0.05) is 66.7 Å². The van der Waals surface area contributed by atoms with Gasteiger partial charge in [-0.3, -0.25) is 4.79 Å². The summed E-state index contributed by atoms with van der Waals surface area (Å²) < 4.78 is 0. The highest BCUT2D eigenvalue weighted by molar-refractivity contribution is 5.90. The molecular weight excluding hydrogens is 494 g/mol. The Morgan fingerprint density at radius 2 is 1.70 bits per heavy atom. The second-order valence-corrected chi connectivity index (χ2v) is 10.9. The topological polar surface area (TPSA) is 70.2 Å². The summed E-state index contributed by atoms with van der Waals surface area (Å²) >= 11 is 0. The van der Waals surface area contributed by atoms with Crippen LogP contribution in [0, 0.1) is 0 Å². The first-order valence-electron chi connectivity index (χ1n) is 14.6. The normalized spacial score (nSPS) is 16.2. The Hall–Kier alpha value is -4.03. The maximum Gasteiger partial charge on any atom is 0.224 e. The van der Waals surface area contributed by atoms with Gasteiger partial charge in [-0.2, -0.15) is 0 Å². The smallest absolute Gasteiger partial charge is 0.224 e. The largest absolute Gasteiger partial charge is 0.354 e. The van der Waals surface area contributed by atoms with Gasteiger partial charge in [-0.05, 0) is 86.1 Å². The molecule has 1 fully saturated rings. The van der Waals surface area contributed by atoms with E-state index in [-0.39, 0.29) is 11.8 Å². The number of anilines is 2. The van der Waals surface area contributed by atoms with Crippen LogP contribution in [-0.4, -0.2) is 47.0 Å². The Bertz CT molecular complexity index is 1430. The number of nitrogens with zero attached hydrogens (tertiary/aromatic N) is 3. The zero-order valence-electron chi connectivity index (χ0n) is 23.0. The van der Waals surface area contributed by atoms with E-state index in [2.05, 4.69) is 69.0 Å². The molecule has 1 unspecified atom stereocenters. The number of aryl methyl sites for hydroxylation is 1. The van der Waals surface area contributed by atoms with Crippen molar-refractivity contribution in [3.05, 3.63) is 107 Å². The first-order valence-corrected chi connectivity index (χ1v) is 14.6. The molecular formula is C34H37N5O. The van der Waals surface area contributed by atoms with Gasteiger partial charge in [-0.25, -0.2) is 9.97 Å². The number of rotatable bonds is 10. The molecule has 0 spiro atoms. The maximum absolute atomic E-state index is 12.5. The average Bonchev–Trinajstić information content (AvgIpc) is 3.53. The van der Waals surface area contributed by atoms with Gasteiger partial charge >= 0.3 is 0 Å². The quantitative estimate of drug-likeness (QED) is 0.235. The van der Waals surface area contributed by atoms with Crippen molar-refractivity contribution < 1.29 is 4.79 Å². The summed E-state index contributed by atoms with van der Waals surface area (Å²) in [5.74, 6) is 0.960. The summed E-state index contributed by atoms with van der Waals surface area (Å²) in [5, 5.41) is 6.50. The zero-order chi connectivity index (χ0) is 27.1. The molecule has 1 amide bonds. The lowest BCUT2D eigenvalue weighted by Gasteiger charge is -2.27. The van der Waals surface area contributed by atoms with E-state index in [1.807, 2.05) is 36.5 Å². The standard InChI is InChI=1S/C34H37N5O/c40-32(18-13-25-9-2-1-3-10-25)37-28-16-14-26(15-17-28)31-23-27-24-36-34(35-19-8-22-39-20-6-7-21-39)38-33(27)30-12-5-4-11-29(30)31/h1-5,9-12,14-17,24,31H,6-8,13,18-23H2,(H,37,40)(H,35,36,38). The Balaban J connectivity index is 1.10. The van der Waals surface area contributed by atoms with Crippen LogP contribution in [0.3, 0.4) is 0 Å². The van der Waals surface area contributed by atoms with E-state index >= 15 is 0 Å². The van der Waals surface area contributed by atoms with E-state index in [4.69, 9.17) is 4.98 Å². The molecule has 1 aromatic heterocycles. The number of amides is 1. The fraction of sp³-hybridized carbons (Fsp3) is 0.324. The van der Waals surface area contributed by atoms with Gasteiger partial charge in [0, 0.05) is 36.3 Å². The number of carbonyl (C=O) groups is 1. The Labute approximate surface area is 236 Å². The summed E-state index contributed by atoms with van der Waals surface area (Å²) in [5.41, 5.74) is 7.90. The van der Waals surface area contributed by atoms with Crippen LogP contribution in [-0.2, 0) is 17.6 Å². The molecule has 1 saturated heterocycles. The third kappa shape index (κ3) is 6.23. The third-order valence-electron chi connectivity index (χ3n) is 8.09. The van der Waals surface area contributed by atoms with Crippen molar-refractivity contribution in [2.75, 3.05) is 36.8 Å². The molecule has 2 aliphatic rings. The van der Waals surface area contributed by atoms with Gasteiger partial charge in [0.1, 0.15) is 0 Å². The molecule has 204 valence electrons. The average molecular weight is 532 g/mol. The molecule has 6 rings (SSSR count). The molecule has 1 aliphatic carbocycles. The van der Waals surface area contributed by atoms with E-state index in [9.17, 15) is 4.79 Å². The lowest BCUT2D eigenvalue weighted by molar-refractivity contribution is -0.116. The monoisotopic (exact) mass is 531 g/mol. The SMILES string of the molecule is O=C(CCc1ccccc1)Nc1ccc(C2Cc3cnc(NCCCN4CCCC4)nc3-c3ccccc32)cc1. The van der Waals surface area contributed by atoms with E-state index in [1.165, 1.54) is 53.7 Å². The van der Waals surface area contributed by atoms with E-state index < -0.39 is 0 Å². The van der Waals surface area contributed by atoms with Crippen LogP contribution in [0.25, 0.3) is 11.3 Å². The van der Waals surface area contributed by atoms with Crippen molar-refractivity contribution in [2.24, 2.45) is 0 Å². The summed E-state index contributed by atoms with van der Waals surface area (Å²) in [6.45, 7) is 4.49. The minimum atomic E-state index is 0.0335. The van der Waals surface area contributed by atoms with Crippen molar-refractivity contribution in [2.45, 2.75) is 44.4 Å². The highest BCUT2D eigenvalue weighted by atomic mass is 16.1. The Morgan fingerprint density at radius 3 is 2.52 bits per heavy atom. The van der Waals surface area contributed by atoms with Crippen LogP contribution >= 0.6 is 0 Å². The number of hydrogen-bond acceptors (Lipinski definition) is 5. The highest BCUT2D eigenvalue weighted by Gasteiger charge is 2.27. The van der Waals surface area contributed by atoms with Crippen molar-refractivity contribution in [1.82, 2.24) is 14.9 Å². The third-order valence-corrected chi connectivity index (χ3v) is 8.09. The van der Waals surface area contributed by atoms with Crippen LogP contribution in [0.1, 0.15) is 53.9 Å². The fourth-order valence-corrected chi connectivity index (χ4v) is 5.95. The van der Waals surface area contributed by atoms with Gasteiger partial charge in [0.2, 0.25) is 11.9 Å². The summed E-state index contributed by atoms with van der Waals surface area (Å²) in [7, 11) is 0. The van der Waals surface area contributed by atoms with Crippen LogP contribution in [0.15, 0.2) is 85.1 Å². The molecule has 2 N–H and O–H groups in total. The molecule has 4 aromatic rings. The van der Waals surface area contributed by atoms with Crippen LogP contribution < -0.4 is 10.6 Å². The second kappa shape index (κ2) is 12.4. The minimum Gasteiger partial charge on any atom is -0.354 e. The predicted octanol–water partition coefficient (Wildman–Crippen LogP) is 6.30. The molecule has 6 nitrogen and oxygen atoms in total. The fourth-order valence-electron chi connectivity index (χ4n) is 5.95. The van der Waals surface area contributed by atoms with Gasteiger partial charge in [0.25, 0.3) is 0 Å². The van der Waals surface area contributed by atoms with Gasteiger partial charge in [0.05, 0.1) is 5.69 Å². The number of benzene rings is 3. The minimum absolute atomic E-state index is 0.0335. The molecule has 2 heterocycles. The number of likely N-dealkylation sites (tertiary alicyclic amines) is 1. The summed E-state index contributed by atoms with van der Waals surface area (Å²) in [4.78, 5) is 24.7. The summed E-state index contributed by atoms with van der Waals surface area (Å²) in [6, 6.07) is 27.0. The van der Waals surface area contributed by atoms with Crippen molar-refractivity contribution in [3.8, 4) is 11.3 Å². The summed E-state index contributed by atoms with van der Waals surface area (Å²) in [6.07, 6.45) is 7.81. The molecule has 0 saturated carbocycles. The number of aromatic nitrogens is 2.